The Kier molecular flexibility index (Phi) is 6.14. The first-order chi connectivity index (χ1) is 11.4. The molecule has 24 heavy (non-hydrogen) atoms. The summed E-state index contributed by atoms with van der Waals surface area (Å²) in [6.07, 6.45) is 6.07. The highest BCUT2D eigenvalue weighted by molar-refractivity contribution is 7.92. The van der Waals surface area contributed by atoms with Crippen LogP contribution in [0, 0.1) is 0 Å². The summed E-state index contributed by atoms with van der Waals surface area (Å²) in [4.78, 5) is 11.9. The molecule has 2 N–H and O–H groups in total. The molecule has 0 aliphatic heterocycles. The molecule has 0 spiro atoms. The zero-order valence-electron chi connectivity index (χ0n) is 13.4. The summed E-state index contributed by atoms with van der Waals surface area (Å²) in [5.74, 6) is -0.0865. The lowest BCUT2D eigenvalue weighted by atomic mass is 10.2. The second-order valence-corrected chi connectivity index (χ2v) is 7.10. The van der Waals surface area contributed by atoms with E-state index in [9.17, 15) is 13.2 Å². The van der Waals surface area contributed by atoms with Crippen LogP contribution in [0.15, 0.2) is 60.7 Å². The van der Waals surface area contributed by atoms with Crippen molar-refractivity contribution in [3.05, 3.63) is 66.2 Å². The van der Waals surface area contributed by atoms with E-state index in [1.165, 1.54) is 0 Å². The summed E-state index contributed by atoms with van der Waals surface area (Å²) in [6, 6.07) is 16.4. The molecule has 6 heteroatoms. The van der Waals surface area contributed by atoms with Crippen LogP contribution in [0.25, 0.3) is 6.08 Å². The number of hydrogen-bond donors (Lipinski definition) is 2. The van der Waals surface area contributed by atoms with Gasteiger partial charge in [0, 0.05) is 17.8 Å². The molecule has 0 saturated carbocycles. The molecule has 0 saturated heterocycles. The minimum atomic E-state index is -3.30. The van der Waals surface area contributed by atoms with Crippen molar-refractivity contribution in [3.8, 4) is 0 Å². The predicted molar refractivity (Wildman–Crippen MR) is 98.2 cm³/mol. The van der Waals surface area contributed by atoms with Crippen molar-refractivity contribution in [2.75, 3.05) is 16.3 Å². The smallest absolute Gasteiger partial charge is 0.229 e. The topological polar surface area (TPSA) is 75.3 Å². The van der Waals surface area contributed by atoms with Crippen molar-refractivity contribution >= 4 is 33.4 Å². The lowest BCUT2D eigenvalue weighted by Gasteiger charge is -2.07. The summed E-state index contributed by atoms with van der Waals surface area (Å²) >= 11 is 0. The van der Waals surface area contributed by atoms with Gasteiger partial charge in [0.25, 0.3) is 0 Å². The molecule has 5 nitrogen and oxygen atoms in total. The van der Waals surface area contributed by atoms with E-state index >= 15 is 0 Å². The molecule has 0 bridgehead atoms. The normalized spacial score (nSPS) is 11.4. The summed E-state index contributed by atoms with van der Waals surface area (Å²) in [5.41, 5.74) is 2.19. The molecule has 0 aliphatic carbocycles. The van der Waals surface area contributed by atoms with Gasteiger partial charge < -0.3 is 5.32 Å². The minimum absolute atomic E-state index is 0.0865. The van der Waals surface area contributed by atoms with Gasteiger partial charge in [-0.1, -0.05) is 42.5 Å². The number of amides is 1. The van der Waals surface area contributed by atoms with Crippen LogP contribution in [0.2, 0.25) is 0 Å². The summed E-state index contributed by atoms with van der Waals surface area (Å²) in [7, 11) is -3.30. The van der Waals surface area contributed by atoms with E-state index in [4.69, 9.17) is 0 Å². The molecule has 1 amide bonds. The summed E-state index contributed by atoms with van der Waals surface area (Å²) < 4.78 is 24.6. The molecule has 0 aromatic heterocycles. The lowest BCUT2D eigenvalue weighted by Crippen LogP contribution is -2.11. The van der Waals surface area contributed by atoms with E-state index in [1.807, 2.05) is 42.5 Å². The number of nitrogens with one attached hydrogen (secondary N) is 2. The third kappa shape index (κ3) is 6.66. The second-order valence-electron chi connectivity index (χ2n) is 5.35. The van der Waals surface area contributed by atoms with Crippen molar-refractivity contribution < 1.29 is 13.2 Å². The first kappa shape index (κ1) is 17.7. The maximum absolute atomic E-state index is 11.9. The monoisotopic (exact) mass is 344 g/mol. The second kappa shape index (κ2) is 8.31. The number of carbonyl (C=O) groups is 1. The zero-order chi connectivity index (χ0) is 17.4. The van der Waals surface area contributed by atoms with Crippen LogP contribution in [0.1, 0.15) is 18.4 Å². The van der Waals surface area contributed by atoms with Crippen molar-refractivity contribution in [1.29, 1.82) is 0 Å². The Bertz CT molecular complexity index is 798. The van der Waals surface area contributed by atoms with Gasteiger partial charge in [-0.05, 0) is 36.2 Å². The number of anilines is 2. The maximum Gasteiger partial charge on any atom is 0.229 e. The first-order valence-electron chi connectivity index (χ1n) is 7.52. The lowest BCUT2D eigenvalue weighted by molar-refractivity contribution is -0.116. The molecule has 2 aromatic rings. The van der Waals surface area contributed by atoms with Gasteiger partial charge >= 0.3 is 0 Å². The number of sulfonamides is 1. The molecular formula is C18H20N2O3S. The summed E-state index contributed by atoms with van der Waals surface area (Å²) in [6.45, 7) is 0. The van der Waals surface area contributed by atoms with Crippen molar-refractivity contribution in [2.45, 2.75) is 12.8 Å². The number of benzene rings is 2. The number of rotatable bonds is 7. The van der Waals surface area contributed by atoms with Crippen LogP contribution in [0.5, 0.6) is 0 Å². The Morgan fingerprint density at radius 1 is 1.00 bits per heavy atom. The Labute approximate surface area is 142 Å². The third-order valence-corrected chi connectivity index (χ3v) is 3.73. The van der Waals surface area contributed by atoms with E-state index in [1.54, 1.807) is 24.3 Å². The highest BCUT2D eigenvalue weighted by Gasteiger charge is 2.03. The van der Waals surface area contributed by atoms with E-state index in [2.05, 4.69) is 10.0 Å². The SMILES string of the molecule is CS(=O)(=O)Nc1ccc(NC(=O)CC/C=C/c2ccccc2)cc1. The van der Waals surface area contributed by atoms with Crippen molar-refractivity contribution in [2.24, 2.45) is 0 Å². The fourth-order valence-corrected chi connectivity index (χ4v) is 2.62. The van der Waals surface area contributed by atoms with Crippen molar-refractivity contribution in [1.82, 2.24) is 0 Å². The van der Waals surface area contributed by atoms with E-state index in [-0.39, 0.29) is 5.91 Å². The van der Waals surface area contributed by atoms with Gasteiger partial charge in [-0.2, -0.15) is 0 Å². The minimum Gasteiger partial charge on any atom is -0.326 e. The summed E-state index contributed by atoms with van der Waals surface area (Å²) in [5, 5.41) is 2.78. The van der Waals surface area contributed by atoms with Gasteiger partial charge in [0.2, 0.25) is 15.9 Å². The Morgan fingerprint density at radius 3 is 2.25 bits per heavy atom. The maximum atomic E-state index is 11.9. The molecule has 2 rings (SSSR count). The van der Waals surface area contributed by atoms with Crippen LogP contribution in [0.4, 0.5) is 11.4 Å². The Hall–Kier alpha value is -2.60. The largest absolute Gasteiger partial charge is 0.326 e. The number of hydrogen-bond acceptors (Lipinski definition) is 3. The van der Waals surface area contributed by atoms with E-state index in [0.29, 0.717) is 24.2 Å². The fraction of sp³-hybridized carbons (Fsp3) is 0.167. The van der Waals surface area contributed by atoms with Gasteiger partial charge in [-0.25, -0.2) is 8.42 Å². The van der Waals surface area contributed by atoms with Gasteiger partial charge in [-0.15, -0.1) is 0 Å². The van der Waals surface area contributed by atoms with Gasteiger partial charge in [0.15, 0.2) is 0 Å². The predicted octanol–water partition coefficient (Wildman–Crippen LogP) is 3.49. The van der Waals surface area contributed by atoms with Crippen molar-refractivity contribution in [3.63, 3.8) is 0 Å². The van der Waals surface area contributed by atoms with E-state index in [0.717, 1.165) is 11.8 Å². The average Bonchev–Trinajstić information content (AvgIpc) is 2.53. The van der Waals surface area contributed by atoms with Gasteiger partial charge in [0.05, 0.1) is 6.26 Å². The molecule has 0 atom stereocenters. The number of carbonyl (C=O) groups excluding carboxylic acids is 1. The molecular weight excluding hydrogens is 324 g/mol. The zero-order valence-corrected chi connectivity index (χ0v) is 14.2. The average molecular weight is 344 g/mol. The Balaban J connectivity index is 1.79. The quantitative estimate of drug-likeness (QED) is 0.807. The molecule has 0 aliphatic rings. The molecule has 2 aromatic carbocycles. The van der Waals surface area contributed by atoms with Gasteiger partial charge in [-0.3, -0.25) is 9.52 Å². The van der Waals surface area contributed by atoms with Crippen LogP contribution in [-0.2, 0) is 14.8 Å². The highest BCUT2D eigenvalue weighted by Crippen LogP contribution is 2.15. The molecule has 126 valence electrons. The number of allylic oxidation sites excluding steroid dienone is 1. The van der Waals surface area contributed by atoms with Crippen LogP contribution in [-0.4, -0.2) is 20.6 Å². The molecule has 0 fully saturated rings. The van der Waals surface area contributed by atoms with Crippen LogP contribution in [0.3, 0.4) is 0 Å². The van der Waals surface area contributed by atoms with Gasteiger partial charge in [0.1, 0.15) is 0 Å². The highest BCUT2D eigenvalue weighted by atomic mass is 32.2. The van der Waals surface area contributed by atoms with Crippen LogP contribution < -0.4 is 10.0 Å². The molecule has 0 radical (unpaired) electrons. The Morgan fingerprint density at radius 2 is 1.62 bits per heavy atom. The van der Waals surface area contributed by atoms with E-state index < -0.39 is 10.0 Å². The first-order valence-corrected chi connectivity index (χ1v) is 9.41. The molecule has 0 unspecified atom stereocenters. The molecule has 0 heterocycles. The fourth-order valence-electron chi connectivity index (χ4n) is 2.06. The van der Waals surface area contributed by atoms with Crippen LogP contribution >= 0.6 is 0 Å². The standard InChI is InChI=1S/C18H20N2O3S/c1-24(22,23)20-17-13-11-16(12-14-17)19-18(21)10-6-5-9-15-7-3-2-4-8-15/h2-5,7-9,11-14,20H,6,10H2,1H3,(H,19,21)/b9-5+. The third-order valence-electron chi connectivity index (χ3n) is 3.12.